The van der Waals surface area contributed by atoms with Crippen molar-refractivity contribution in [1.29, 1.82) is 0 Å². The molecular formula is C32H28ClF3N4O9S. The molecule has 18 heteroatoms. The fourth-order valence-electron chi connectivity index (χ4n) is 3.73. The number of esters is 2. The number of alkyl halides is 3. The first kappa shape index (κ1) is 39.1. The number of ether oxygens (including phenoxy) is 2. The van der Waals surface area contributed by atoms with Gasteiger partial charge in [0.1, 0.15) is 15.7 Å². The molecule has 4 rings (SSSR count). The van der Waals surface area contributed by atoms with E-state index in [0.717, 1.165) is 28.7 Å². The van der Waals surface area contributed by atoms with Crippen molar-refractivity contribution in [2.45, 2.75) is 45.2 Å². The molecule has 0 spiro atoms. The lowest BCUT2D eigenvalue weighted by molar-refractivity contribution is -0.166. The fraction of sp³-hybridized carbons (Fsp3) is 0.219. The number of benzene rings is 2. The van der Waals surface area contributed by atoms with Gasteiger partial charge in [-0.3, -0.25) is 4.79 Å². The van der Waals surface area contributed by atoms with Gasteiger partial charge in [-0.2, -0.15) is 13.2 Å². The molecule has 0 unspecified atom stereocenters. The Morgan fingerprint density at radius 1 is 0.840 bits per heavy atom. The van der Waals surface area contributed by atoms with E-state index in [-0.39, 0.29) is 27.9 Å². The molecule has 4 aromatic rings. The number of nitrogens with two attached hydrogens (primary N) is 1. The molecule has 1 amide bonds. The highest BCUT2D eigenvalue weighted by molar-refractivity contribution is 7.13. The molecule has 5 N–H and O–H groups in total. The van der Waals surface area contributed by atoms with Crippen molar-refractivity contribution in [3.63, 3.8) is 0 Å². The van der Waals surface area contributed by atoms with Gasteiger partial charge in [0, 0.05) is 6.20 Å². The topological polar surface area (TPSA) is 208 Å². The lowest BCUT2D eigenvalue weighted by Gasteiger charge is -2.21. The average molecular weight is 737 g/mol. The molecule has 0 fully saturated rings. The number of amides is 1. The van der Waals surface area contributed by atoms with E-state index in [1.165, 1.54) is 30.5 Å². The zero-order chi connectivity index (χ0) is 37.3. The first-order valence-electron chi connectivity index (χ1n) is 14.1. The van der Waals surface area contributed by atoms with Crippen LogP contribution in [0.2, 0.25) is 5.02 Å². The van der Waals surface area contributed by atoms with Crippen LogP contribution in [0.3, 0.4) is 0 Å². The summed E-state index contributed by atoms with van der Waals surface area (Å²) in [5.41, 5.74) is 6.35. The highest BCUT2D eigenvalue weighted by Gasteiger charge is 2.41. The number of carboxylic acid groups (broad SMARTS) is 2. The van der Waals surface area contributed by atoms with Crippen LogP contribution < -0.4 is 11.1 Å². The van der Waals surface area contributed by atoms with Gasteiger partial charge in [-0.25, -0.2) is 29.1 Å². The van der Waals surface area contributed by atoms with Crippen LogP contribution in [0, 0.1) is 13.8 Å². The molecule has 264 valence electrons. The third kappa shape index (κ3) is 10.8. The summed E-state index contributed by atoms with van der Waals surface area (Å²) in [4.78, 5) is 67.1. The van der Waals surface area contributed by atoms with Gasteiger partial charge in [0.25, 0.3) is 5.91 Å². The van der Waals surface area contributed by atoms with E-state index in [0.29, 0.717) is 11.1 Å². The minimum Gasteiger partial charge on any atom is -0.478 e. The zero-order valence-corrected chi connectivity index (χ0v) is 27.8. The van der Waals surface area contributed by atoms with E-state index in [1.54, 1.807) is 45.0 Å². The molecule has 0 bridgehead atoms. The van der Waals surface area contributed by atoms with Crippen LogP contribution in [0.5, 0.6) is 0 Å². The molecule has 0 aliphatic carbocycles. The summed E-state index contributed by atoms with van der Waals surface area (Å²) in [6.45, 7) is 5.29. The van der Waals surface area contributed by atoms with Gasteiger partial charge >= 0.3 is 30.1 Å². The quantitative estimate of drug-likeness (QED) is 0.145. The highest BCUT2D eigenvalue weighted by Crippen LogP contribution is 2.35. The summed E-state index contributed by atoms with van der Waals surface area (Å²) in [5.74, 6) is -6.49. The van der Waals surface area contributed by atoms with Gasteiger partial charge in [0.05, 0.1) is 34.0 Å². The van der Waals surface area contributed by atoms with Gasteiger partial charge in [-0.05, 0) is 51.1 Å². The number of carbonyl (C=O) groups is 5. The van der Waals surface area contributed by atoms with Crippen molar-refractivity contribution in [2.75, 3.05) is 5.32 Å². The van der Waals surface area contributed by atoms with Crippen LogP contribution in [0.15, 0.2) is 67.0 Å². The largest absolute Gasteiger partial charge is 0.478 e. The Labute approximate surface area is 290 Å². The molecular weight excluding hydrogens is 709 g/mol. The van der Waals surface area contributed by atoms with Crippen molar-refractivity contribution in [1.82, 2.24) is 9.97 Å². The second-order valence-corrected chi connectivity index (χ2v) is 11.9. The number of aliphatic carboxylic acids is 2. The van der Waals surface area contributed by atoms with E-state index in [9.17, 15) is 47.4 Å². The summed E-state index contributed by atoms with van der Waals surface area (Å²) in [5, 5.41) is 20.9. The number of thiazole rings is 1. The maximum absolute atomic E-state index is 12.7. The molecule has 0 saturated carbocycles. The molecule has 0 aliphatic rings. The Bertz CT molecular complexity index is 1790. The van der Waals surface area contributed by atoms with E-state index >= 15 is 0 Å². The third-order valence-electron chi connectivity index (χ3n) is 6.34. The molecule has 0 radical (unpaired) electrons. The van der Waals surface area contributed by atoms with Crippen LogP contribution in [0.25, 0.3) is 0 Å². The first-order chi connectivity index (χ1) is 23.4. The number of carboxylic acids is 2. The molecule has 2 heterocycles. The molecule has 50 heavy (non-hydrogen) atoms. The molecule has 13 nitrogen and oxygen atoms in total. The number of hydrogen-bond donors (Lipinski definition) is 4. The number of nitrogens with one attached hydrogen (secondary N) is 1. The predicted molar refractivity (Wildman–Crippen MR) is 173 cm³/mol. The Kier molecular flexibility index (Phi) is 13.1. The van der Waals surface area contributed by atoms with Crippen molar-refractivity contribution in [2.24, 2.45) is 5.73 Å². The number of nitrogens with zero attached hydrogens (tertiary/aromatic N) is 2. The first-order valence-corrected chi connectivity index (χ1v) is 15.3. The number of aryl methyl sites for hydroxylation is 2. The SMILES string of the molecule is C[C@@H](N)c1ncc(C(=O)Nc2cc(C(F)(F)F)c(Cl)cn2)s1.Cc1ccc(C(=O)O[C@H](C(=O)O)[C@H](OC(=O)c2ccc(C)cc2)C(=O)O)cc1. The summed E-state index contributed by atoms with van der Waals surface area (Å²) >= 11 is 6.51. The molecule has 0 saturated heterocycles. The Morgan fingerprint density at radius 3 is 1.68 bits per heavy atom. The maximum Gasteiger partial charge on any atom is 0.418 e. The number of hydrogen-bond acceptors (Lipinski definition) is 11. The van der Waals surface area contributed by atoms with Crippen LogP contribution in [0.1, 0.15) is 65.1 Å². The van der Waals surface area contributed by atoms with E-state index in [2.05, 4.69) is 15.3 Å². The minimum absolute atomic E-state index is 0.0332. The van der Waals surface area contributed by atoms with E-state index in [4.69, 9.17) is 26.8 Å². The molecule has 2 aromatic carbocycles. The number of pyridine rings is 1. The van der Waals surface area contributed by atoms with Crippen LogP contribution in [0.4, 0.5) is 19.0 Å². The summed E-state index contributed by atoms with van der Waals surface area (Å²) < 4.78 is 47.8. The van der Waals surface area contributed by atoms with Gasteiger partial charge < -0.3 is 30.7 Å². The standard InChI is InChI=1S/C20H18O8.C12H10ClF3N4OS/c1-11-3-7-13(8-4-11)19(25)27-15(17(21)22)16(18(23)24)28-20(26)14-9-5-12(2)6-10-14;1-5(17)11-19-4-8(22-11)10(21)20-9-2-6(12(14,15)16)7(13)3-18-9/h3-10,15-16H,1-2H3,(H,21,22)(H,23,24);2-5H,17H2,1H3,(H,18,20,21)/t15-,16-;5-/m01/s1. The van der Waals surface area contributed by atoms with Gasteiger partial charge in [-0.15, -0.1) is 11.3 Å². The zero-order valence-electron chi connectivity index (χ0n) is 26.2. The number of anilines is 1. The smallest absolute Gasteiger partial charge is 0.418 e. The predicted octanol–water partition coefficient (Wildman–Crippen LogP) is 5.71. The minimum atomic E-state index is -4.63. The van der Waals surface area contributed by atoms with Crippen LogP contribution in [-0.2, 0) is 25.2 Å². The van der Waals surface area contributed by atoms with Crippen molar-refractivity contribution in [3.05, 3.63) is 110 Å². The molecule has 3 atom stereocenters. The van der Waals surface area contributed by atoms with Gasteiger partial charge in [0.15, 0.2) is 0 Å². The number of carbonyl (C=O) groups excluding carboxylic acids is 3. The fourth-order valence-corrected chi connectivity index (χ4v) is 4.71. The van der Waals surface area contributed by atoms with Gasteiger partial charge in [0.2, 0.25) is 12.2 Å². The van der Waals surface area contributed by atoms with Crippen LogP contribution >= 0.6 is 22.9 Å². The summed E-state index contributed by atoms with van der Waals surface area (Å²) in [6, 6.07) is 12.4. The number of halogens is 4. The van der Waals surface area contributed by atoms with Gasteiger partial charge in [-0.1, -0.05) is 47.0 Å². The summed E-state index contributed by atoms with van der Waals surface area (Å²) in [6.07, 6.45) is -6.94. The Hall–Kier alpha value is -5.39. The highest BCUT2D eigenvalue weighted by atomic mass is 35.5. The third-order valence-corrected chi connectivity index (χ3v) is 7.84. The number of rotatable bonds is 10. The Balaban J connectivity index is 0.000000278. The Morgan fingerprint density at radius 2 is 1.30 bits per heavy atom. The summed E-state index contributed by atoms with van der Waals surface area (Å²) in [7, 11) is 0. The van der Waals surface area contributed by atoms with Crippen molar-refractivity contribution < 1.29 is 56.8 Å². The molecule has 2 aromatic heterocycles. The normalized spacial score (nSPS) is 12.7. The maximum atomic E-state index is 12.7. The molecule has 0 aliphatic heterocycles. The monoisotopic (exact) mass is 736 g/mol. The van der Waals surface area contributed by atoms with Crippen molar-refractivity contribution in [3.8, 4) is 0 Å². The van der Waals surface area contributed by atoms with Crippen LogP contribution in [-0.4, -0.2) is 62.2 Å². The average Bonchev–Trinajstić information content (AvgIpc) is 3.55. The lowest BCUT2D eigenvalue weighted by atomic mass is 10.1. The van der Waals surface area contributed by atoms with E-state index in [1.807, 2.05) is 0 Å². The number of aromatic nitrogens is 2. The van der Waals surface area contributed by atoms with E-state index < -0.39 is 58.8 Å². The van der Waals surface area contributed by atoms with Crippen molar-refractivity contribution >= 4 is 58.5 Å². The second-order valence-electron chi connectivity index (χ2n) is 10.4. The second kappa shape index (κ2) is 16.8. The lowest BCUT2D eigenvalue weighted by Crippen LogP contribution is -2.45.